The van der Waals surface area contributed by atoms with Crippen molar-refractivity contribution in [3.63, 3.8) is 0 Å². The maximum absolute atomic E-state index is 13.5. The zero-order chi connectivity index (χ0) is 23.5. The fourth-order valence-electron chi connectivity index (χ4n) is 4.94. The van der Waals surface area contributed by atoms with Crippen molar-refractivity contribution >= 4 is 29.3 Å². The number of halogens is 5. The molecule has 2 aromatic rings. The maximum atomic E-state index is 13.5. The third kappa shape index (κ3) is 4.07. The van der Waals surface area contributed by atoms with Crippen LogP contribution in [0.2, 0.25) is 10.0 Å². The number of piperidine rings is 1. The van der Waals surface area contributed by atoms with Gasteiger partial charge >= 0.3 is 12.3 Å². The van der Waals surface area contributed by atoms with Gasteiger partial charge in [-0.15, -0.1) is 0 Å². The van der Waals surface area contributed by atoms with E-state index in [1.54, 1.807) is 37.8 Å². The number of aromatic nitrogens is 2. The van der Waals surface area contributed by atoms with Crippen LogP contribution in [0.1, 0.15) is 44.9 Å². The first kappa shape index (κ1) is 23.2. The molecule has 1 saturated carbocycles. The van der Waals surface area contributed by atoms with Crippen molar-refractivity contribution in [3.8, 4) is 0 Å². The summed E-state index contributed by atoms with van der Waals surface area (Å²) >= 11 is 12.3. The molecule has 32 heavy (non-hydrogen) atoms. The Hall–Kier alpha value is -1.93. The molecule has 1 aliphatic carbocycles. The average molecular weight is 490 g/mol. The highest BCUT2D eigenvalue weighted by Crippen LogP contribution is 2.70. The lowest BCUT2D eigenvalue weighted by molar-refractivity contribution is -0.144. The number of hydrogen-bond donors (Lipinski definition) is 0. The van der Waals surface area contributed by atoms with Gasteiger partial charge in [-0.25, -0.2) is 4.79 Å². The van der Waals surface area contributed by atoms with Crippen molar-refractivity contribution in [2.45, 2.75) is 57.3 Å². The Kier molecular flexibility index (Phi) is 5.48. The van der Waals surface area contributed by atoms with Crippen molar-refractivity contribution in [2.24, 2.45) is 5.41 Å². The Bertz CT molecular complexity index is 1050. The van der Waals surface area contributed by atoms with Crippen LogP contribution in [0, 0.1) is 5.41 Å². The molecule has 174 valence electrons. The highest BCUT2D eigenvalue weighted by atomic mass is 35.5. The van der Waals surface area contributed by atoms with Crippen LogP contribution in [0.5, 0.6) is 0 Å². The van der Waals surface area contributed by atoms with E-state index in [9.17, 15) is 18.0 Å². The monoisotopic (exact) mass is 489 g/mol. The third-order valence-corrected chi connectivity index (χ3v) is 7.15. The standard InChI is InChI=1S/C22H24Cl2F3N3O2/c1-19(2,3)32-18(31)29-9-7-21(14-4-5-15(23)16(24)10-14)11-20(21,12-29)13-30-17(6-8-28-30)22(25,26)27/h4-6,8,10H,7,9,11-13H2,1-3H3. The lowest BCUT2D eigenvalue weighted by atomic mass is 9.80. The van der Waals surface area contributed by atoms with Crippen LogP contribution in [-0.2, 0) is 22.9 Å². The molecule has 5 nitrogen and oxygen atoms in total. The van der Waals surface area contributed by atoms with E-state index in [-0.39, 0.29) is 13.1 Å². The number of hydrogen-bond acceptors (Lipinski definition) is 3. The highest BCUT2D eigenvalue weighted by molar-refractivity contribution is 6.42. The molecule has 1 amide bonds. The summed E-state index contributed by atoms with van der Waals surface area (Å²) in [4.78, 5) is 14.3. The van der Waals surface area contributed by atoms with Gasteiger partial charge in [0.2, 0.25) is 0 Å². The fourth-order valence-corrected chi connectivity index (χ4v) is 5.23. The molecule has 0 N–H and O–H groups in total. The minimum absolute atomic E-state index is 0.0222. The molecule has 10 heteroatoms. The largest absolute Gasteiger partial charge is 0.444 e. The van der Waals surface area contributed by atoms with Crippen LogP contribution in [-0.4, -0.2) is 39.5 Å². The number of ether oxygens (including phenoxy) is 1. The quantitative estimate of drug-likeness (QED) is 0.517. The number of carbonyl (C=O) groups is 1. The van der Waals surface area contributed by atoms with Crippen molar-refractivity contribution < 1.29 is 22.7 Å². The lowest BCUT2D eigenvalue weighted by Crippen LogP contribution is -2.48. The SMILES string of the molecule is CC(C)(C)OC(=O)N1CCC2(c3ccc(Cl)c(Cl)c3)CC2(Cn2nccc2C(F)(F)F)C1. The Balaban J connectivity index is 1.69. The molecule has 4 rings (SSSR count). The second-order valence-electron chi connectivity index (χ2n) is 9.69. The third-order valence-electron chi connectivity index (χ3n) is 6.42. The van der Waals surface area contributed by atoms with Crippen molar-refractivity contribution in [2.75, 3.05) is 13.1 Å². The average Bonchev–Trinajstić information content (AvgIpc) is 3.09. The molecule has 0 spiro atoms. The summed E-state index contributed by atoms with van der Waals surface area (Å²) in [6.45, 7) is 6.05. The molecule has 2 aliphatic rings. The number of nitrogens with zero attached hydrogens (tertiary/aromatic N) is 3. The first-order chi connectivity index (χ1) is 14.8. The van der Waals surface area contributed by atoms with Crippen molar-refractivity contribution in [1.29, 1.82) is 0 Å². The number of rotatable bonds is 3. The van der Waals surface area contributed by atoms with Gasteiger partial charge in [0.15, 0.2) is 0 Å². The molecule has 0 bridgehead atoms. The Morgan fingerprint density at radius 2 is 1.91 bits per heavy atom. The molecule has 2 fully saturated rings. The lowest BCUT2D eigenvalue weighted by Gasteiger charge is -2.39. The van der Waals surface area contributed by atoms with Gasteiger partial charge in [0.05, 0.1) is 10.0 Å². The van der Waals surface area contributed by atoms with E-state index in [0.29, 0.717) is 29.4 Å². The molecule has 1 aliphatic heterocycles. The minimum Gasteiger partial charge on any atom is -0.444 e. The van der Waals surface area contributed by atoms with E-state index in [1.165, 1.54) is 0 Å². The molecule has 0 radical (unpaired) electrons. The topological polar surface area (TPSA) is 47.4 Å². The van der Waals surface area contributed by atoms with Gasteiger partial charge in [0.1, 0.15) is 11.3 Å². The summed E-state index contributed by atoms with van der Waals surface area (Å²) in [6.07, 6.45) is -2.66. The molecule has 2 atom stereocenters. The normalized spacial score (nSPS) is 25.4. The van der Waals surface area contributed by atoms with Crippen molar-refractivity contribution in [3.05, 3.63) is 51.8 Å². The molecule has 1 saturated heterocycles. The first-order valence-corrected chi connectivity index (χ1v) is 11.0. The van der Waals surface area contributed by atoms with E-state index in [0.717, 1.165) is 22.5 Å². The van der Waals surface area contributed by atoms with Gasteiger partial charge in [0.25, 0.3) is 0 Å². The van der Waals surface area contributed by atoms with Gasteiger partial charge in [-0.2, -0.15) is 18.3 Å². The van der Waals surface area contributed by atoms with E-state index >= 15 is 0 Å². The van der Waals surface area contributed by atoms with Gasteiger partial charge in [-0.1, -0.05) is 29.3 Å². The van der Waals surface area contributed by atoms with E-state index in [2.05, 4.69) is 5.10 Å². The number of alkyl halides is 3. The van der Waals surface area contributed by atoms with Crippen LogP contribution < -0.4 is 0 Å². The predicted molar refractivity (Wildman–Crippen MR) is 115 cm³/mol. The number of benzene rings is 1. The number of amides is 1. The highest BCUT2D eigenvalue weighted by Gasteiger charge is 2.70. The van der Waals surface area contributed by atoms with Gasteiger partial charge < -0.3 is 9.64 Å². The summed E-state index contributed by atoms with van der Waals surface area (Å²) in [5.41, 5.74) is -1.62. The van der Waals surface area contributed by atoms with Crippen LogP contribution in [0.25, 0.3) is 0 Å². The number of carbonyl (C=O) groups excluding carboxylic acids is 1. The number of likely N-dealkylation sites (tertiary alicyclic amines) is 1. The molecule has 1 aromatic carbocycles. The zero-order valence-corrected chi connectivity index (χ0v) is 19.5. The Labute approximate surface area is 194 Å². The summed E-state index contributed by atoms with van der Waals surface area (Å²) < 4.78 is 47.0. The molecular weight excluding hydrogens is 466 g/mol. The van der Waals surface area contributed by atoms with E-state index < -0.39 is 34.4 Å². The van der Waals surface area contributed by atoms with Crippen LogP contribution in [0.4, 0.5) is 18.0 Å². The fraction of sp³-hybridized carbons (Fsp3) is 0.545. The van der Waals surface area contributed by atoms with E-state index in [4.69, 9.17) is 27.9 Å². The molecule has 2 unspecified atom stereocenters. The van der Waals surface area contributed by atoms with Gasteiger partial charge in [-0.3, -0.25) is 4.68 Å². The van der Waals surface area contributed by atoms with Crippen LogP contribution >= 0.6 is 23.2 Å². The molecule has 1 aromatic heterocycles. The van der Waals surface area contributed by atoms with Gasteiger partial charge in [-0.05, 0) is 57.4 Å². The van der Waals surface area contributed by atoms with Crippen LogP contribution in [0.15, 0.2) is 30.5 Å². The molecular formula is C22H24Cl2F3N3O2. The zero-order valence-electron chi connectivity index (χ0n) is 18.0. The Morgan fingerprint density at radius 3 is 2.53 bits per heavy atom. The second-order valence-corrected chi connectivity index (χ2v) is 10.5. The minimum atomic E-state index is -4.52. The van der Waals surface area contributed by atoms with Crippen molar-refractivity contribution in [1.82, 2.24) is 14.7 Å². The first-order valence-electron chi connectivity index (χ1n) is 10.3. The summed E-state index contributed by atoms with van der Waals surface area (Å²) in [5.74, 6) is 0. The second kappa shape index (κ2) is 7.55. The summed E-state index contributed by atoms with van der Waals surface area (Å²) in [7, 11) is 0. The number of fused-ring (bicyclic) bond motifs is 1. The van der Waals surface area contributed by atoms with Gasteiger partial charge in [0, 0.05) is 36.7 Å². The Morgan fingerprint density at radius 1 is 1.19 bits per heavy atom. The smallest absolute Gasteiger partial charge is 0.433 e. The predicted octanol–water partition coefficient (Wildman–Crippen LogP) is 6.18. The summed E-state index contributed by atoms with van der Waals surface area (Å²) in [5, 5.41) is 4.75. The molecule has 2 heterocycles. The van der Waals surface area contributed by atoms with Crippen LogP contribution in [0.3, 0.4) is 0 Å². The van der Waals surface area contributed by atoms with E-state index in [1.807, 2.05) is 6.07 Å². The summed E-state index contributed by atoms with van der Waals surface area (Å²) in [6, 6.07) is 6.32. The maximum Gasteiger partial charge on any atom is 0.433 e.